The number of benzene rings is 1. The molecule has 1 aromatic heterocycles. The predicted molar refractivity (Wildman–Crippen MR) is 83.3 cm³/mol. The van der Waals surface area contributed by atoms with Gasteiger partial charge in [0.15, 0.2) is 0 Å². The SMILES string of the molecule is CCOc1cccc(NC(=O)C(C#N)=Cc2ccc(C)o2)c1. The highest BCUT2D eigenvalue weighted by Gasteiger charge is 2.11. The second-order valence-corrected chi connectivity index (χ2v) is 4.53. The first kappa shape index (κ1) is 15.4. The van der Waals surface area contributed by atoms with Crippen molar-refractivity contribution in [3.63, 3.8) is 0 Å². The average molecular weight is 296 g/mol. The number of hydrogen-bond acceptors (Lipinski definition) is 4. The fourth-order valence-corrected chi connectivity index (χ4v) is 1.85. The van der Waals surface area contributed by atoms with E-state index >= 15 is 0 Å². The highest BCUT2D eigenvalue weighted by Crippen LogP contribution is 2.18. The highest BCUT2D eigenvalue weighted by atomic mass is 16.5. The van der Waals surface area contributed by atoms with Gasteiger partial charge in [0.05, 0.1) is 6.61 Å². The monoisotopic (exact) mass is 296 g/mol. The lowest BCUT2D eigenvalue weighted by Crippen LogP contribution is -2.13. The molecule has 0 aliphatic heterocycles. The Balaban J connectivity index is 2.14. The first-order chi connectivity index (χ1) is 10.6. The maximum atomic E-state index is 12.1. The molecule has 5 nitrogen and oxygen atoms in total. The predicted octanol–water partition coefficient (Wildman–Crippen LogP) is 3.53. The molecule has 0 aliphatic carbocycles. The molecule has 0 spiro atoms. The van der Waals surface area contributed by atoms with Crippen molar-refractivity contribution in [2.45, 2.75) is 13.8 Å². The molecule has 0 bridgehead atoms. The molecule has 0 saturated carbocycles. The maximum absolute atomic E-state index is 12.1. The summed E-state index contributed by atoms with van der Waals surface area (Å²) in [7, 11) is 0. The summed E-state index contributed by atoms with van der Waals surface area (Å²) in [6.45, 7) is 4.22. The zero-order chi connectivity index (χ0) is 15.9. The number of carbonyl (C=O) groups excluding carboxylic acids is 1. The summed E-state index contributed by atoms with van der Waals surface area (Å²) < 4.78 is 10.7. The molecule has 1 aromatic carbocycles. The Morgan fingerprint density at radius 2 is 2.23 bits per heavy atom. The summed E-state index contributed by atoms with van der Waals surface area (Å²) >= 11 is 0. The first-order valence-electron chi connectivity index (χ1n) is 6.85. The van der Waals surface area contributed by atoms with Crippen LogP contribution in [0.15, 0.2) is 46.4 Å². The summed E-state index contributed by atoms with van der Waals surface area (Å²) in [5.41, 5.74) is 0.531. The Labute approximate surface area is 128 Å². The fourth-order valence-electron chi connectivity index (χ4n) is 1.85. The molecule has 0 radical (unpaired) electrons. The minimum atomic E-state index is -0.495. The summed E-state index contributed by atoms with van der Waals surface area (Å²) in [6.07, 6.45) is 1.41. The molecular weight excluding hydrogens is 280 g/mol. The van der Waals surface area contributed by atoms with Crippen molar-refractivity contribution < 1.29 is 13.9 Å². The fraction of sp³-hybridized carbons (Fsp3) is 0.176. The minimum Gasteiger partial charge on any atom is -0.494 e. The van der Waals surface area contributed by atoms with Gasteiger partial charge in [0.1, 0.15) is 28.9 Å². The van der Waals surface area contributed by atoms with E-state index < -0.39 is 5.91 Å². The van der Waals surface area contributed by atoms with Gasteiger partial charge in [-0.15, -0.1) is 0 Å². The van der Waals surface area contributed by atoms with Crippen molar-refractivity contribution >= 4 is 17.7 Å². The Morgan fingerprint density at radius 1 is 1.41 bits per heavy atom. The smallest absolute Gasteiger partial charge is 0.266 e. The number of nitrogens with one attached hydrogen (secondary N) is 1. The molecule has 0 saturated heterocycles. The van der Waals surface area contributed by atoms with Crippen LogP contribution in [0.2, 0.25) is 0 Å². The van der Waals surface area contributed by atoms with E-state index in [9.17, 15) is 4.79 Å². The van der Waals surface area contributed by atoms with Gasteiger partial charge >= 0.3 is 0 Å². The summed E-state index contributed by atoms with van der Waals surface area (Å²) in [4.78, 5) is 12.1. The molecule has 5 heteroatoms. The summed E-state index contributed by atoms with van der Waals surface area (Å²) in [6, 6.07) is 12.3. The lowest BCUT2D eigenvalue weighted by molar-refractivity contribution is -0.112. The van der Waals surface area contributed by atoms with Crippen LogP contribution in [0.5, 0.6) is 5.75 Å². The number of amides is 1. The van der Waals surface area contributed by atoms with Crippen molar-refractivity contribution in [3.05, 3.63) is 53.5 Å². The van der Waals surface area contributed by atoms with Gasteiger partial charge in [0.25, 0.3) is 5.91 Å². The number of rotatable bonds is 5. The molecule has 2 rings (SSSR count). The lowest BCUT2D eigenvalue weighted by Gasteiger charge is -2.07. The number of anilines is 1. The van der Waals surface area contributed by atoms with Gasteiger partial charge in [0, 0.05) is 17.8 Å². The zero-order valence-electron chi connectivity index (χ0n) is 12.4. The van der Waals surface area contributed by atoms with E-state index in [1.54, 1.807) is 43.3 Å². The van der Waals surface area contributed by atoms with Crippen molar-refractivity contribution in [2.24, 2.45) is 0 Å². The summed E-state index contributed by atoms with van der Waals surface area (Å²) in [5.74, 6) is 1.34. The number of ether oxygens (including phenoxy) is 1. The quantitative estimate of drug-likeness (QED) is 0.676. The van der Waals surface area contributed by atoms with Crippen molar-refractivity contribution in [2.75, 3.05) is 11.9 Å². The van der Waals surface area contributed by atoms with E-state index in [1.165, 1.54) is 6.08 Å². The molecule has 0 atom stereocenters. The third-order valence-corrected chi connectivity index (χ3v) is 2.82. The van der Waals surface area contributed by atoms with Gasteiger partial charge in [-0.25, -0.2) is 0 Å². The van der Waals surface area contributed by atoms with E-state index in [4.69, 9.17) is 14.4 Å². The Hall–Kier alpha value is -3.00. The molecule has 1 amide bonds. The Bertz CT molecular complexity index is 738. The van der Waals surface area contributed by atoms with Gasteiger partial charge in [0.2, 0.25) is 0 Å². The molecular formula is C17H16N2O3. The van der Waals surface area contributed by atoms with E-state index in [1.807, 2.05) is 13.0 Å². The maximum Gasteiger partial charge on any atom is 0.266 e. The number of hydrogen-bond donors (Lipinski definition) is 1. The van der Waals surface area contributed by atoms with Crippen LogP contribution >= 0.6 is 0 Å². The molecule has 1 N–H and O–H groups in total. The normalized spacial score (nSPS) is 10.9. The van der Waals surface area contributed by atoms with Gasteiger partial charge < -0.3 is 14.5 Å². The molecule has 0 aliphatic rings. The van der Waals surface area contributed by atoms with Gasteiger partial charge in [-0.3, -0.25) is 4.79 Å². The van der Waals surface area contributed by atoms with Crippen molar-refractivity contribution in [1.82, 2.24) is 0 Å². The van der Waals surface area contributed by atoms with E-state index in [0.717, 1.165) is 0 Å². The second kappa shape index (κ2) is 7.14. The van der Waals surface area contributed by atoms with E-state index in [-0.39, 0.29) is 5.57 Å². The molecule has 0 unspecified atom stereocenters. The topological polar surface area (TPSA) is 75.3 Å². The third-order valence-electron chi connectivity index (χ3n) is 2.82. The van der Waals surface area contributed by atoms with E-state index in [0.29, 0.717) is 29.6 Å². The van der Waals surface area contributed by atoms with Gasteiger partial charge in [-0.05, 0) is 38.1 Å². The number of nitriles is 1. The van der Waals surface area contributed by atoms with Crippen LogP contribution in [0.4, 0.5) is 5.69 Å². The molecule has 2 aromatic rings. The van der Waals surface area contributed by atoms with E-state index in [2.05, 4.69) is 5.32 Å². The van der Waals surface area contributed by atoms with Crippen LogP contribution in [-0.2, 0) is 4.79 Å². The zero-order valence-corrected chi connectivity index (χ0v) is 12.4. The largest absolute Gasteiger partial charge is 0.494 e. The molecule has 112 valence electrons. The minimum absolute atomic E-state index is 0.0313. The van der Waals surface area contributed by atoms with Crippen LogP contribution < -0.4 is 10.1 Å². The van der Waals surface area contributed by atoms with Gasteiger partial charge in [-0.1, -0.05) is 6.07 Å². The Kier molecular flexibility index (Phi) is 4.99. The Morgan fingerprint density at radius 3 is 2.86 bits per heavy atom. The van der Waals surface area contributed by atoms with Crippen molar-refractivity contribution in [3.8, 4) is 11.8 Å². The standard InChI is InChI=1S/C17H16N2O3/c1-3-21-15-6-4-5-14(10-15)19-17(20)13(11-18)9-16-8-7-12(2)22-16/h4-10H,3H2,1-2H3,(H,19,20). The first-order valence-corrected chi connectivity index (χ1v) is 6.85. The van der Waals surface area contributed by atoms with Crippen LogP contribution in [-0.4, -0.2) is 12.5 Å². The molecule has 22 heavy (non-hydrogen) atoms. The number of carbonyl (C=O) groups is 1. The number of aryl methyl sites for hydroxylation is 1. The summed E-state index contributed by atoms with van der Waals surface area (Å²) in [5, 5.41) is 11.8. The lowest BCUT2D eigenvalue weighted by atomic mass is 10.2. The number of furan rings is 1. The second-order valence-electron chi connectivity index (χ2n) is 4.53. The number of nitrogens with zero attached hydrogens (tertiary/aromatic N) is 1. The average Bonchev–Trinajstić information content (AvgIpc) is 2.90. The third kappa shape index (κ3) is 4.00. The molecule has 1 heterocycles. The van der Waals surface area contributed by atoms with Crippen LogP contribution in [0.1, 0.15) is 18.4 Å². The van der Waals surface area contributed by atoms with Crippen LogP contribution in [0, 0.1) is 18.3 Å². The molecule has 0 fully saturated rings. The van der Waals surface area contributed by atoms with Crippen LogP contribution in [0.3, 0.4) is 0 Å². The van der Waals surface area contributed by atoms with Crippen molar-refractivity contribution in [1.29, 1.82) is 5.26 Å². The van der Waals surface area contributed by atoms with Gasteiger partial charge in [-0.2, -0.15) is 5.26 Å². The van der Waals surface area contributed by atoms with Crippen LogP contribution in [0.25, 0.3) is 6.08 Å². The highest BCUT2D eigenvalue weighted by molar-refractivity contribution is 6.09.